The van der Waals surface area contributed by atoms with E-state index in [0.29, 0.717) is 10.0 Å². The number of hydrogen-bond donors (Lipinski definition) is 3. The summed E-state index contributed by atoms with van der Waals surface area (Å²) in [6.07, 6.45) is 1.36. The summed E-state index contributed by atoms with van der Waals surface area (Å²) in [5.74, 6) is -0.575. The van der Waals surface area contributed by atoms with Gasteiger partial charge < -0.3 is 9.84 Å². The van der Waals surface area contributed by atoms with Gasteiger partial charge in [0, 0.05) is 13.6 Å². The van der Waals surface area contributed by atoms with E-state index < -0.39 is 22.0 Å². The van der Waals surface area contributed by atoms with Crippen LogP contribution in [0, 0.1) is 3.57 Å². The number of sulfonamides is 1. The Bertz CT molecular complexity index is 1290. The molecule has 3 aromatic rings. The first kappa shape index (κ1) is 26.1. The minimum absolute atomic E-state index is 0.0495. The molecule has 178 valence electrons. The number of phenols is 1. The fourth-order valence-electron chi connectivity index (χ4n) is 3.00. The van der Waals surface area contributed by atoms with Crippen molar-refractivity contribution in [2.75, 3.05) is 7.11 Å². The highest BCUT2D eigenvalue weighted by molar-refractivity contribution is 14.1. The smallest absolute Gasteiger partial charge is 0.258 e. The number of methoxy groups -OCH3 is 1. The lowest BCUT2D eigenvalue weighted by molar-refractivity contribution is -0.122. The summed E-state index contributed by atoms with van der Waals surface area (Å²) in [5.41, 5.74) is 3.42. The minimum atomic E-state index is -3.97. The molecule has 0 saturated heterocycles. The molecule has 0 aliphatic heterocycles. The minimum Gasteiger partial charge on any atom is -0.504 e. The van der Waals surface area contributed by atoms with Crippen LogP contribution in [-0.4, -0.2) is 38.8 Å². The summed E-state index contributed by atoms with van der Waals surface area (Å²) >= 11 is 5.39. The number of hydrazone groups is 1. The average molecular weight is 658 g/mol. The molecule has 3 aromatic carbocycles. The summed E-state index contributed by atoms with van der Waals surface area (Å²) in [4.78, 5) is 13.0. The van der Waals surface area contributed by atoms with Crippen molar-refractivity contribution >= 4 is 60.7 Å². The van der Waals surface area contributed by atoms with Crippen molar-refractivity contribution in [2.24, 2.45) is 5.10 Å². The third kappa shape index (κ3) is 7.01. The summed E-state index contributed by atoms with van der Waals surface area (Å²) < 4.78 is 34.9. The maximum Gasteiger partial charge on any atom is 0.258 e. The zero-order valence-electron chi connectivity index (χ0n) is 17.9. The summed E-state index contributed by atoms with van der Waals surface area (Å²) in [7, 11) is -2.55. The molecule has 11 heteroatoms. The van der Waals surface area contributed by atoms with E-state index in [0.717, 1.165) is 9.13 Å². The lowest BCUT2D eigenvalue weighted by Crippen LogP contribution is -2.46. The number of halogens is 2. The number of amides is 1. The van der Waals surface area contributed by atoms with Crippen LogP contribution in [0.25, 0.3) is 0 Å². The quantitative estimate of drug-likeness (QED) is 0.184. The lowest BCUT2D eigenvalue weighted by atomic mass is 10.1. The molecule has 34 heavy (non-hydrogen) atoms. The third-order valence-electron chi connectivity index (χ3n) is 4.69. The third-order valence-corrected chi connectivity index (χ3v) is 7.35. The Morgan fingerprint density at radius 3 is 2.50 bits per heavy atom. The Labute approximate surface area is 219 Å². The van der Waals surface area contributed by atoms with E-state index in [1.54, 1.807) is 48.5 Å². The SMILES string of the molecule is COc1cc(Br)cc(/C=N\NC(=O)[C@H](Cc2ccccc2)NS(=O)(=O)c2ccc(I)cc2)c1O. The topological polar surface area (TPSA) is 117 Å². The number of benzene rings is 3. The summed E-state index contributed by atoms with van der Waals surface area (Å²) in [6, 6.07) is 17.4. The number of aromatic hydroxyl groups is 1. The average Bonchev–Trinajstić information content (AvgIpc) is 2.81. The molecule has 0 spiro atoms. The molecule has 3 rings (SSSR count). The van der Waals surface area contributed by atoms with Crippen molar-refractivity contribution in [3.8, 4) is 11.5 Å². The van der Waals surface area contributed by atoms with Gasteiger partial charge in [-0.1, -0.05) is 46.3 Å². The molecule has 0 aromatic heterocycles. The second-order valence-corrected chi connectivity index (χ2v) is 11.0. The fourth-order valence-corrected chi connectivity index (χ4v) is 5.01. The largest absolute Gasteiger partial charge is 0.504 e. The predicted molar refractivity (Wildman–Crippen MR) is 142 cm³/mol. The summed E-state index contributed by atoms with van der Waals surface area (Å²) in [5, 5.41) is 14.1. The second-order valence-electron chi connectivity index (χ2n) is 7.10. The molecule has 8 nitrogen and oxygen atoms in total. The van der Waals surface area contributed by atoms with Gasteiger partial charge in [-0.3, -0.25) is 4.79 Å². The van der Waals surface area contributed by atoms with E-state index in [4.69, 9.17) is 4.74 Å². The molecule has 3 N–H and O–H groups in total. The highest BCUT2D eigenvalue weighted by Crippen LogP contribution is 2.32. The Balaban J connectivity index is 1.82. The standard InChI is InChI=1S/C23H21BrIN3O5S/c1-33-21-13-17(24)12-16(22(21)29)14-26-27-23(30)20(11-15-5-3-2-4-6-15)28-34(31,32)19-9-7-18(25)8-10-19/h2-10,12-14,20,28-29H,11H2,1H3,(H,27,30)/b26-14-/t20-/m0/s1. The number of nitrogens with zero attached hydrogens (tertiary/aromatic N) is 1. The van der Waals surface area contributed by atoms with Crippen LogP contribution in [-0.2, 0) is 21.2 Å². The molecular weight excluding hydrogens is 637 g/mol. The molecule has 0 fully saturated rings. The Kier molecular flexibility index (Phi) is 9.05. The molecule has 0 unspecified atom stereocenters. The highest BCUT2D eigenvalue weighted by Gasteiger charge is 2.26. The number of ether oxygens (including phenoxy) is 1. The van der Waals surface area contributed by atoms with Crippen LogP contribution in [0.3, 0.4) is 0 Å². The van der Waals surface area contributed by atoms with Crippen LogP contribution in [0.2, 0.25) is 0 Å². The van der Waals surface area contributed by atoms with Gasteiger partial charge in [0.2, 0.25) is 10.0 Å². The Morgan fingerprint density at radius 1 is 1.18 bits per heavy atom. The maximum atomic E-state index is 12.9. The van der Waals surface area contributed by atoms with Crippen LogP contribution in [0.5, 0.6) is 11.5 Å². The molecule has 0 radical (unpaired) electrons. The molecule has 0 aliphatic rings. The van der Waals surface area contributed by atoms with Crippen LogP contribution in [0.1, 0.15) is 11.1 Å². The summed E-state index contributed by atoms with van der Waals surface area (Å²) in [6.45, 7) is 0. The number of nitrogens with one attached hydrogen (secondary N) is 2. The van der Waals surface area contributed by atoms with Gasteiger partial charge in [0.1, 0.15) is 6.04 Å². The molecule has 0 heterocycles. The van der Waals surface area contributed by atoms with Gasteiger partial charge in [0.15, 0.2) is 11.5 Å². The first-order chi connectivity index (χ1) is 16.2. The van der Waals surface area contributed by atoms with E-state index in [1.807, 2.05) is 6.07 Å². The first-order valence-electron chi connectivity index (χ1n) is 9.91. The molecule has 0 aliphatic carbocycles. The predicted octanol–water partition coefficient (Wildman–Crippen LogP) is 3.81. The molecule has 0 saturated carbocycles. The molecular formula is C23H21BrIN3O5S. The molecule has 1 amide bonds. The van der Waals surface area contributed by atoms with Crippen molar-refractivity contribution in [1.29, 1.82) is 0 Å². The number of carbonyl (C=O) groups is 1. The normalized spacial score (nSPS) is 12.4. The van der Waals surface area contributed by atoms with Gasteiger partial charge in [0.25, 0.3) is 5.91 Å². The van der Waals surface area contributed by atoms with Gasteiger partial charge in [-0.25, -0.2) is 13.8 Å². The highest BCUT2D eigenvalue weighted by atomic mass is 127. The van der Waals surface area contributed by atoms with Crippen molar-refractivity contribution < 1.29 is 23.1 Å². The number of rotatable bonds is 9. The van der Waals surface area contributed by atoms with Crippen LogP contribution >= 0.6 is 38.5 Å². The zero-order valence-corrected chi connectivity index (χ0v) is 22.5. The van der Waals surface area contributed by atoms with E-state index in [9.17, 15) is 18.3 Å². The Morgan fingerprint density at radius 2 is 1.85 bits per heavy atom. The maximum absolute atomic E-state index is 12.9. The second kappa shape index (κ2) is 11.8. The first-order valence-corrected chi connectivity index (χ1v) is 13.3. The number of hydrogen-bond acceptors (Lipinski definition) is 6. The van der Waals surface area contributed by atoms with E-state index in [1.165, 1.54) is 25.5 Å². The monoisotopic (exact) mass is 657 g/mol. The Hall–Kier alpha value is -2.48. The van der Waals surface area contributed by atoms with E-state index in [-0.39, 0.29) is 22.8 Å². The zero-order chi connectivity index (χ0) is 24.7. The number of carbonyl (C=O) groups excluding carboxylic acids is 1. The molecule has 1 atom stereocenters. The van der Waals surface area contributed by atoms with Crippen molar-refractivity contribution in [3.05, 3.63) is 85.9 Å². The van der Waals surface area contributed by atoms with Gasteiger partial charge in [0.05, 0.1) is 18.2 Å². The van der Waals surface area contributed by atoms with E-state index >= 15 is 0 Å². The van der Waals surface area contributed by atoms with Crippen LogP contribution in [0.15, 0.2) is 81.2 Å². The van der Waals surface area contributed by atoms with Crippen LogP contribution < -0.4 is 14.9 Å². The van der Waals surface area contributed by atoms with Gasteiger partial charge in [-0.15, -0.1) is 0 Å². The van der Waals surface area contributed by atoms with E-state index in [2.05, 4.69) is 53.8 Å². The van der Waals surface area contributed by atoms with Crippen LogP contribution in [0.4, 0.5) is 0 Å². The van der Waals surface area contributed by atoms with Crippen molar-refractivity contribution in [2.45, 2.75) is 17.4 Å². The molecule has 0 bridgehead atoms. The van der Waals surface area contributed by atoms with Gasteiger partial charge >= 0.3 is 0 Å². The van der Waals surface area contributed by atoms with Gasteiger partial charge in [-0.05, 0) is 71.0 Å². The van der Waals surface area contributed by atoms with Crippen molar-refractivity contribution in [1.82, 2.24) is 10.1 Å². The lowest BCUT2D eigenvalue weighted by Gasteiger charge is -2.17. The van der Waals surface area contributed by atoms with Gasteiger partial charge in [-0.2, -0.15) is 9.82 Å². The number of phenolic OH excluding ortho intramolecular Hbond substituents is 1. The fraction of sp³-hybridized carbons (Fsp3) is 0.130. The van der Waals surface area contributed by atoms with Crippen molar-refractivity contribution in [3.63, 3.8) is 0 Å².